The van der Waals surface area contributed by atoms with Crippen molar-refractivity contribution in [3.63, 3.8) is 0 Å². The Morgan fingerprint density at radius 2 is 1.95 bits per heavy atom. The van der Waals surface area contributed by atoms with Gasteiger partial charge in [0.2, 0.25) is 5.91 Å². The molecule has 0 aliphatic carbocycles. The van der Waals surface area contributed by atoms with Gasteiger partial charge < -0.3 is 14.8 Å². The number of rotatable bonds is 6. The second-order valence-corrected chi connectivity index (χ2v) is 5.43. The molecular formula is C14H26N2O3. The van der Waals surface area contributed by atoms with Gasteiger partial charge in [0.05, 0.1) is 19.8 Å². The first-order chi connectivity index (χ1) is 9.29. The summed E-state index contributed by atoms with van der Waals surface area (Å²) in [5, 5.41) is 2.97. The number of ether oxygens (including phenoxy) is 2. The zero-order valence-corrected chi connectivity index (χ0v) is 11.9. The Hall–Kier alpha value is -0.650. The minimum atomic E-state index is 0.000491. The van der Waals surface area contributed by atoms with E-state index in [0.717, 1.165) is 58.5 Å². The molecule has 2 saturated heterocycles. The van der Waals surface area contributed by atoms with Crippen LogP contribution >= 0.6 is 0 Å². The zero-order valence-electron chi connectivity index (χ0n) is 11.9. The van der Waals surface area contributed by atoms with E-state index >= 15 is 0 Å². The lowest BCUT2D eigenvalue weighted by Crippen LogP contribution is -2.43. The van der Waals surface area contributed by atoms with Crippen molar-refractivity contribution in [3.05, 3.63) is 0 Å². The Morgan fingerprint density at radius 3 is 2.58 bits per heavy atom. The Bertz CT molecular complexity index is 272. The lowest BCUT2D eigenvalue weighted by atomic mass is 9.96. The Kier molecular flexibility index (Phi) is 6.07. The van der Waals surface area contributed by atoms with E-state index in [9.17, 15) is 4.79 Å². The maximum atomic E-state index is 11.7. The van der Waals surface area contributed by atoms with Crippen LogP contribution in [0.25, 0.3) is 0 Å². The highest BCUT2D eigenvalue weighted by Gasteiger charge is 2.30. The van der Waals surface area contributed by atoms with Crippen molar-refractivity contribution in [2.24, 2.45) is 5.92 Å². The molecule has 0 spiro atoms. The Morgan fingerprint density at radius 1 is 1.26 bits per heavy atom. The fraction of sp³-hybridized carbons (Fsp3) is 0.929. The van der Waals surface area contributed by atoms with E-state index in [4.69, 9.17) is 9.47 Å². The molecule has 110 valence electrons. The smallest absolute Gasteiger partial charge is 0.234 e. The number of nitrogens with one attached hydrogen (secondary N) is 1. The number of carbonyl (C=O) groups excluding carboxylic acids is 1. The van der Waals surface area contributed by atoms with Crippen molar-refractivity contribution in [1.82, 2.24) is 10.2 Å². The number of carbonyl (C=O) groups is 1. The Labute approximate surface area is 115 Å². The summed E-state index contributed by atoms with van der Waals surface area (Å²) in [4.78, 5) is 14.0. The van der Waals surface area contributed by atoms with Crippen LogP contribution in [-0.4, -0.2) is 56.5 Å². The third-order valence-corrected chi connectivity index (χ3v) is 3.88. The molecule has 2 aliphatic rings. The normalized spacial score (nSPS) is 22.8. The van der Waals surface area contributed by atoms with Crippen LogP contribution in [0.15, 0.2) is 0 Å². The summed E-state index contributed by atoms with van der Waals surface area (Å²) >= 11 is 0. The predicted molar refractivity (Wildman–Crippen MR) is 72.8 cm³/mol. The van der Waals surface area contributed by atoms with Gasteiger partial charge in [0, 0.05) is 12.5 Å². The predicted octanol–water partition coefficient (Wildman–Crippen LogP) is 0.988. The third kappa shape index (κ3) is 4.75. The maximum absolute atomic E-state index is 11.7. The van der Waals surface area contributed by atoms with Gasteiger partial charge in [-0.05, 0) is 32.4 Å². The molecular weight excluding hydrogens is 244 g/mol. The van der Waals surface area contributed by atoms with Gasteiger partial charge in [0.1, 0.15) is 0 Å². The van der Waals surface area contributed by atoms with E-state index in [1.54, 1.807) is 0 Å². The third-order valence-electron chi connectivity index (χ3n) is 3.88. The Balaban J connectivity index is 1.61. The van der Waals surface area contributed by atoms with Crippen LogP contribution in [-0.2, 0) is 14.3 Å². The molecule has 2 rings (SSSR count). The SMILES string of the molecule is CCCCNC(=O)CN1CCC(C2OCCO2)CC1. The lowest BCUT2D eigenvalue weighted by Gasteiger charge is -2.33. The molecule has 0 aromatic heterocycles. The van der Waals surface area contributed by atoms with Crippen molar-refractivity contribution in [3.8, 4) is 0 Å². The number of nitrogens with zero attached hydrogens (tertiary/aromatic N) is 1. The standard InChI is InChI=1S/C14H26N2O3/c1-2-3-6-15-13(17)11-16-7-4-12(5-8-16)14-18-9-10-19-14/h12,14H,2-11H2,1H3,(H,15,17). The molecule has 5 heteroatoms. The van der Waals surface area contributed by atoms with Gasteiger partial charge in [-0.3, -0.25) is 9.69 Å². The number of piperidine rings is 1. The first kappa shape index (κ1) is 14.8. The quantitative estimate of drug-likeness (QED) is 0.731. The largest absolute Gasteiger partial charge is 0.355 e. The van der Waals surface area contributed by atoms with Crippen molar-refractivity contribution >= 4 is 5.91 Å². The molecule has 0 unspecified atom stereocenters. The monoisotopic (exact) mass is 270 g/mol. The summed E-state index contributed by atoms with van der Waals surface area (Å²) in [5.41, 5.74) is 0. The van der Waals surface area contributed by atoms with Crippen LogP contribution in [0.4, 0.5) is 0 Å². The molecule has 1 amide bonds. The van der Waals surface area contributed by atoms with Crippen molar-refractivity contribution in [2.75, 3.05) is 39.4 Å². The molecule has 1 N–H and O–H groups in total. The molecule has 0 aromatic rings. The van der Waals surface area contributed by atoms with Gasteiger partial charge in [-0.25, -0.2) is 0 Å². The zero-order chi connectivity index (χ0) is 13.5. The van der Waals surface area contributed by atoms with Gasteiger partial charge in [-0.1, -0.05) is 13.3 Å². The number of amides is 1. The summed E-state index contributed by atoms with van der Waals surface area (Å²) in [6.45, 7) is 6.85. The molecule has 2 heterocycles. The summed E-state index contributed by atoms with van der Waals surface area (Å²) in [7, 11) is 0. The number of unbranched alkanes of at least 4 members (excludes halogenated alkanes) is 1. The van der Waals surface area contributed by atoms with Crippen molar-refractivity contribution < 1.29 is 14.3 Å². The highest BCUT2D eigenvalue weighted by atomic mass is 16.7. The minimum Gasteiger partial charge on any atom is -0.355 e. The van der Waals surface area contributed by atoms with Gasteiger partial charge >= 0.3 is 0 Å². The van der Waals surface area contributed by atoms with Crippen LogP contribution in [0.3, 0.4) is 0 Å². The number of hydrogen-bond acceptors (Lipinski definition) is 4. The summed E-state index contributed by atoms with van der Waals surface area (Å²) in [6, 6.07) is 0. The molecule has 0 atom stereocenters. The molecule has 5 nitrogen and oxygen atoms in total. The van der Waals surface area contributed by atoms with Gasteiger partial charge in [-0.15, -0.1) is 0 Å². The van der Waals surface area contributed by atoms with E-state index in [0.29, 0.717) is 12.5 Å². The molecule has 2 aliphatic heterocycles. The van der Waals surface area contributed by atoms with Crippen LogP contribution < -0.4 is 5.32 Å². The fourth-order valence-corrected chi connectivity index (χ4v) is 2.70. The van der Waals surface area contributed by atoms with Crippen molar-refractivity contribution in [1.29, 1.82) is 0 Å². The van der Waals surface area contributed by atoms with E-state index in [2.05, 4.69) is 17.1 Å². The van der Waals surface area contributed by atoms with E-state index in [-0.39, 0.29) is 12.2 Å². The van der Waals surface area contributed by atoms with Crippen LogP contribution in [0.2, 0.25) is 0 Å². The second kappa shape index (κ2) is 7.82. The van der Waals surface area contributed by atoms with Crippen LogP contribution in [0, 0.1) is 5.92 Å². The van der Waals surface area contributed by atoms with E-state index in [1.807, 2.05) is 0 Å². The topological polar surface area (TPSA) is 50.8 Å². The first-order valence-corrected chi connectivity index (χ1v) is 7.52. The van der Waals surface area contributed by atoms with Crippen molar-refractivity contribution in [2.45, 2.75) is 38.9 Å². The van der Waals surface area contributed by atoms with Gasteiger partial charge in [0.15, 0.2) is 6.29 Å². The molecule has 19 heavy (non-hydrogen) atoms. The summed E-state index contributed by atoms with van der Waals surface area (Å²) < 4.78 is 11.1. The maximum Gasteiger partial charge on any atom is 0.234 e. The molecule has 0 aromatic carbocycles. The molecule has 0 radical (unpaired) electrons. The summed E-state index contributed by atoms with van der Waals surface area (Å²) in [5.74, 6) is 0.655. The average Bonchev–Trinajstić information content (AvgIpc) is 2.94. The first-order valence-electron chi connectivity index (χ1n) is 7.52. The second-order valence-electron chi connectivity index (χ2n) is 5.43. The lowest BCUT2D eigenvalue weighted by molar-refractivity contribution is -0.124. The average molecular weight is 270 g/mol. The van der Waals surface area contributed by atoms with E-state index < -0.39 is 0 Å². The van der Waals surface area contributed by atoms with Crippen LogP contribution in [0.1, 0.15) is 32.6 Å². The molecule has 2 fully saturated rings. The molecule has 0 bridgehead atoms. The van der Waals surface area contributed by atoms with E-state index in [1.165, 1.54) is 0 Å². The molecule has 0 saturated carbocycles. The highest BCUT2D eigenvalue weighted by Crippen LogP contribution is 2.25. The number of likely N-dealkylation sites (tertiary alicyclic amines) is 1. The number of hydrogen-bond donors (Lipinski definition) is 1. The fourth-order valence-electron chi connectivity index (χ4n) is 2.70. The van der Waals surface area contributed by atoms with Gasteiger partial charge in [0.25, 0.3) is 0 Å². The summed E-state index contributed by atoms with van der Waals surface area (Å²) in [6.07, 6.45) is 4.30. The van der Waals surface area contributed by atoms with Crippen LogP contribution in [0.5, 0.6) is 0 Å². The van der Waals surface area contributed by atoms with Gasteiger partial charge in [-0.2, -0.15) is 0 Å². The minimum absolute atomic E-state index is 0.000491. The highest BCUT2D eigenvalue weighted by molar-refractivity contribution is 5.77.